The molecule has 3 N–H and O–H groups in total. The molecule has 0 bridgehead atoms. The van der Waals surface area contributed by atoms with Crippen molar-refractivity contribution < 1.29 is 29.3 Å². The summed E-state index contributed by atoms with van der Waals surface area (Å²) >= 11 is 0. The Labute approximate surface area is 234 Å². The van der Waals surface area contributed by atoms with Crippen LogP contribution in [0.1, 0.15) is 48.7 Å². The van der Waals surface area contributed by atoms with Crippen LogP contribution in [0, 0.1) is 11.8 Å². The van der Waals surface area contributed by atoms with Gasteiger partial charge in [-0.25, -0.2) is 0 Å². The molecule has 0 aliphatic carbocycles. The van der Waals surface area contributed by atoms with Crippen molar-refractivity contribution in [1.82, 2.24) is 0 Å². The second kappa shape index (κ2) is 10.7. The standard InChI is InChI=1S/C32H36N2O6/c1-20-28(31(2,3)38)27(16-17-35)40-32(20)25-10-5-6-11-26(25)34(30(32)37)19-21-8-7-9-23(18-21)33-29(36)22-12-14-24(39-4)15-13-22/h5-15,18,20,27-28,35,38H,16-17,19H2,1-4H3,(H,33,36)/t20-,27+,28-,32+/m0/s1. The Morgan fingerprint density at radius 3 is 2.50 bits per heavy atom. The fourth-order valence-corrected chi connectivity index (χ4v) is 6.46. The predicted octanol–water partition coefficient (Wildman–Crippen LogP) is 4.49. The van der Waals surface area contributed by atoms with Crippen LogP contribution in [0.4, 0.5) is 11.4 Å². The quantitative estimate of drug-likeness (QED) is 0.386. The van der Waals surface area contributed by atoms with Gasteiger partial charge < -0.3 is 29.9 Å². The number of hydrogen-bond acceptors (Lipinski definition) is 6. The van der Waals surface area contributed by atoms with Gasteiger partial charge in [-0.1, -0.05) is 37.3 Å². The van der Waals surface area contributed by atoms with Crippen molar-refractivity contribution in [2.75, 3.05) is 23.9 Å². The van der Waals surface area contributed by atoms with Crippen LogP contribution in [-0.2, 0) is 21.7 Å². The SMILES string of the molecule is COc1ccc(C(=O)Nc2cccc(CN3C(=O)[C@]4(O[C@H](CCO)[C@@H](C(C)(C)O)[C@@H]4C)c4ccccc43)c2)cc1. The molecule has 210 valence electrons. The maximum atomic E-state index is 14.3. The highest BCUT2D eigenvalue weighted by Gasteiger charge is 2.65. The van der Waals surface area contributed by atoms with Crippen LogP contribution < -0.4 is 15.0 Å². The molecular weight excluding hydrogens is 508 g/mol. The lowest BCUT2D eigenvalue weighted by molar-refractivity contribution is -0.146. The summed E-state index contributed by atoms with van der Waals surface area (Å²) in [6.45, 7) is 5.59. The van der Waals surface area contributed by atoms with E-state index >= 15 is 0 Å². The number of benzene rings is 3. The lowest BCUT2D eigenvalue weighted by atomic mass is 9.71. The predicted molar refractivity (Wildman–Crippen MR) is 152 cm³/mol. The number of fused-ring (bicyclic) bond motifs is 2. The summed E-state index contributed by atoms with van der Waals surface area (Å²) in [5.41, 5.74) is 1.11. The summed E-state index contributed by atoms with van der Waals surface area (Å²) in [4.78, 5) is 28.8. The Kier molecular flexibility index (Phi) is 7.44. The minimum Gasteiger partial charge on any atom is -0.497 e. The van der Waals surface area contributed by atoms with Gasteiger partial charge in [0, 0.05) is 35.3 Å². The van der Waals surface area contributed by atoms with E-state index in [-0.39, 0.29) is 36.8 Å². The van der Waals surface area contributed by atoms with Gasteiger partial charge in [0.2, 0.25) is 0 Å². The molecule has 8 nitrogen and oxygen atoms in total. The summed E-state index contributed by atoms with van der Waals surface area (Å²) in [7, 11) is 1.57. The fraction of sp³-hybridized carbons (Fsp3) is 0.375. The van der Waals surface area contributed by atoms with Gasteiger partial charge in [-0.05, 0) is 68.3 Å². The molecule has 3 aromatic rings. The molecule has 0 aromatic heterocycles. The van der Waals surface area contributed by atoms with Crippen molar-refractivity contribution in [2.45, 2.75) is 51.0 Å². The molecule has 1 fully saturated rings. The number of nitrogens with one attached hydrogen (secondary N) is 1. The third-order valence-corrected chi connectivity index (χ3v) is 8.18. The van der Waals surface area contributed by atoms with Crippen molar-refractivity contribution >= 4 is 23.2 Å². The Bertz CT molecular complexity index is 1400. The van der Waals surface area contributed by atoms with E-state index in [1.165, 1.54) is 0 Å². The van der Waals surface area contributed by atoms with E-state index < -0.39 is 17.3 Å². The number of methoxy groups -OCH3 is 1. The van der Waals surface area contributed by atoms with E-state index in [0.29, 0.717) is 23.4 Å². The first-order valence-corrected chi connectivity index (χ1v) is 13.6. The fourth-order valence-electron chi connectivity index (χ4n) is 6.46. The van der Waals surface area contributed by atoms with E-state index in [4.69, 9.17) is 9.47 Å². The number of carbonyl (C=O) groups is 2. The molecule has 2 heterocycles. The maximum Gasteiger partial charge on any atom is 0.264 e. The molecule has 8 heteroatoms. The molecule has 0 unspecified atom stereocenters. The Balaban J connectivity index is 1.42. The first-order chi connectivity index (χ1) is 19.1. The summed E-state index contributed by atoms with van der Waals surface area (Å²) in [5.74, 6) is -0.458. The van der Waals surface area contributed by atoms with Gasteiger partial charge in [-0.3, -0.25) is 9.59 Å². The minimum absolute atomic E-state index is 0.103. The third-order valence-electron chi connectivity index (χ3n) is 8.18. The van der Waals surface area contributed by atoms with Crippen LogP contribution in [0.15, 0.2) is 72.8 Å². The number of nitrogens with zero attached hydrogens (tertiary/aromatic N) is 1. The van der Waals surface area contributed by atoms with Crippen LogP contribution in [0.3, 0.4) is 0 Å². The van der Waals surface area contributed by atoms with Gasteiger partial charge in [0.05, 0.1) is 31.0 Å². The van der Waals surface area contributed by atoms with E-state index in [2.05, 4.69) is 5.32 Å². The molecule has 40 heavy (non-hydrogen) atoms. The maximum absolute atomic E-state index is 14.3. The summed E-state index contributed by atoms with van der Waals surface area (Å²) in [5, 5.41) is 23.7. The molecule has 5 rings (SSSR count). The van der Waals surface area contributed by atoms with Crippen molar-refractivity contribution in [3.63, 3.8) is 0 Å². The van der Waals surface area contributed by atoms with Gasteiger partial charge in [-0.15, -0.1) is 0 Å². The highest BCUT2D eigenvalue weighted by Crippen LogP contribution is 2.57. The number of amides is 2. The number of aliphatic hydroxyl groups excluding tert-OH is 1. The van der Waals surface area contributed by atoms with E-state index in [0.717, 1.165) is 16.8 Å². The number of para-hydroxylation sites is 1. The Hall–Kier alpha value is -3.72. The molecule has 1 spiro atoms. The lowest BCUT2D eigenvalue weighted by Crippen LogP contribution is -2.46. The number of ether oxygens (including phenoxy) is 2. The zero-order valence-corrected chi connectivity index (χ0v) is 23.3. The van der Waals surface area contributed by atoms with E-state index in [9.17, 15) is 19.8 Å². The highest BCUT2D eigenvalue weighted by molar-refractivity contribution is 6.07. The number of rotatable bonds is 8. The molecule has 0 radical (unpaired) electrons. The summed E-state index contributed by atoms with van der Waals surface area (Å²) in [6, 6.07) is 21.9. The average Bonchev–Trinajstić information content (AvgIpc) is 3.36. The second-order valence-electron chi connectivity index (χ2n) is 11.2. The third kappa shape index (κ3) is 4.76. The number of hydrogen-bond donors (Lipinski definition) is 3. The van der Waals surface area contributed by atoms with Crippen LogP contribution in [0.5, 0.6) is 5.75 Å². The molecule has 2 aliphatic heterocycles. The normalized spacial score (nSPS) is 23.9. The largest absolute Gasteiger partial charge is 0.497 e. The first-order valence-electron chi connectivity index (χ1n) is 13.6. The van der Waals surface area contributed by atoms with Crippen molar-refractivity contribution in [3.05, 3.63) is 89.5 Å². The second-order valence-corrected chi connectivity index (χ2v) is 11.2. The van der Waals surface area contributed by atoms with E-state index in [1.54, 1.807) is 50.1 Å². The molecule has 2 aliphatic rings. The van der Waals surface area contributed by atoms with Gasteiger partial charge in [0.1, 0.15) is 5.75 Å². The highest BCUT2D eigenvalue weighted by atomic mass is 16.5. The number of aliphatic hydroxyl groups is 2. The Morgan fingerprint density at radius 2 is 1.82 bits per heavy atom. The zero-order valence-electron chi connectivity index (χ0n) is 23.3. The molecule has 2 amide bonds. The van der Waals surface area contributed by atoms with Gasteiger partial charge in [-0.2, -0.15) is 0 Å². The molecule has 3 aromatic carbocycles. The molecule has 4 atom stereocenters. The molecule has 1 saturated heterocycles. The topological polar surface area (TPSA) is 108 Å². The smallest absolute Gasteiger partial charge is 0.264 e. The minimum atomic E-state index is -1.26. The first kappa shape index (κ1) is 27.8. The molecule has 0 saturated carbocycles. The number of carbonyl (C=O) groups excluding carboxylic acids is 2. The van der Waals surface area contributed by atoms with Crippen LogP contribution in [0.2, 0.25) is 0 Å². The lowest BCUT2D eigenvalue weighted by Gasteiger charge is -2.34. The van der Waals surface area contributed by atoms with Crippen LogP contribution in [0.25, 0.3) is 0 Å². The Morgan fingerprint density at radius 1 is 1.10 bits per heavy atom. The van der Waals surface area contributed by atoms with E-state index in [1.807, 2.05) is 55.5 Å². The van der Waals surface area contributed by atoms with Crippen LogP contribution >= 0.6 is 0 Å². The van der Waals surface area contributed by atoms with Crippen molar-refractivity contribution in [3.8, 4) is 5.75 Å². The summed E-state index contributed by atoms with van der Waals surface area (Å²) < 4.78 is 11.7. The summed E-state index contributed by atoms with van der Waals surface area (Å²) in [6.07, 6.45) is -0.153. The van der Waals surface area contributed by atoms with Gasteiger partial charge >= 0.3 is 0 Å². The van der Waals surface area contributed by atoms with Crippen molar-refractivity contribution in [1.29, 1.82) is 0 Å². The van der Waals surface area contributed by atoms with Crippen LogP contribution in [-0.4, -0.2) is 47.4 Å². The average molecular weight is 545 g/mol. The zero-order chi connectivity index (χ0) is 28.7. The molecular formula is C32H36N2O6. The number of anilines is 2. The van der Waals surface area contributed by atoms with Gasteiger partial charge in [0.25, 0.3) is 11.8 Å². The van der Waals surface area contributed by atoms with Gasteiger partial charge in [0.15, 0.2) is 5.60 Å². The monoisotopic (exact) mass is 544 g/mol. The van der Waals surface area contributed by atoms with Crippen molar-refractivity contribution in [2.24, 2.45) is 11.8 Å².